The molecule has 2 fully saturated rings. The van der Waals surface area contributed by atoms with Gasteiger partial charge < -0.3 is 15.0 Å². The highest BCUT2D eigenvalue weighted by molar-refractivity contribution is 6.32. The average molecular weight is 309 g/mol. The minimum absolute atomic E-state index is 0.235. The Morgan fingerprint density at radius 1 is 1.43 bits per heavy atom. The third-order valence-electron chi connectivity index (χ3n) is 5.10. The number of halogens is 1. The van der Waals surface area contributed by atoms with E-state index < -0.39 is 0 Å². The van der Waals surface area contributed by atoms with Crippen LogP contribution in [0.25, 0.3) is 0 Å². The summed E-state index contributed by atoms with van der Waals surface area (Å²) >= 11 is 6.17. The van der Waals surface area contributed by atoms with Gasteiger partial charge in [-0.15, -0.1) is 0 Å². The SMILES string of the molecule is CCC1CNC(C)(C2CC2)CN1c1ccc(Cl)c(OC)c1. The van der Waals surface area contributed by atoms with E-state index in [0.29, 0.717) is 11.1 Å². The second-order valence-corrected chi connectivity index (χ2v) is 6.99. The Kier molecular flexibility index (Phi) is 4.06. The summed E-state index contributed by atoms with van der Waals surface area (Å²) in [5.41, 5.74) is 1.45. The van der Waals surface area contributed by atoms with Crippen LogP contribution in [-0.2, 0) is 0 Å². The van der Waals surface area contributed by atoms with E-state index in [1.54, 1.807) is 7.11 Å². The fourth-order valence-electron chi connectivity index (χ4n) is 3.49. The topological polar surface area (TPSA) is 24.5 Å². The van der Waals surface area contributed by atoms with Crippen molar-refractivity contribution in [2.45, 2.75) is 44.7 Å². The highest BCUT2D eigenvalue weighted by Crippen LogP contribution is 2.42. The first kappa shape index (κ1) is 15.0. The van der Waals surface area contributed by atoms with E-state index in [2.05, 4.69) is 36.2 Å². The molecule has 0 radical (unpaired) electrons. The molecule has 0 spiro atoms. The molecule has 0 aromatic heterocycles. The van der Waals surface area contributed by atoms with Gasteiger partial charge >= 0.3 is 0 Å². The molecule has 1 aliphatic carbocycles. The van der Waals surface area contributed by atoms with Crippen LogP contribution >= 0.6 is 11.6 Å². The van der Waals surface area contributed by atoms with Crippen molar-refractivity contribution in [2.75, 3.05) is 25.1 Å². The lowest BCUT2D eigenvalue weighted by molar-refractivity contribution is 0.252. The quantitative estimate of drug-likeness (QED) is 0.918. The molecule has 1 aromatic rings. The lowest BCUT2D eigenvalue weighted by Gasteiger charge is -2.48. The lowest BCUT2D eigenvalue weighted by Crippen LogP contribution is -2.64. The number of hydrogen-bond donors (Lipinski definition) is 1. The molecular formula is C17H25ClN2O. The molecule has 1 heterocycles. The number of ether oxygens (including phenoxy) is 1. The van der Waals surface area contributed by atoms with Crippen LogP contribution in [0.15, 0.2) is 18.2 Å². The maximum absolute atomic E-state index is 6.17. The summed E-state index contributed by atoms with van der Waals surface area (Å²) in [7, 11) is 1.67. The number of nitrogens with zero attached hydrogens (tertiary/aromatic N) is 1. The second kappa shape index (κ2) is 5.69. The Labute approximate surface area is 132 Å². The number of rotatable bonds is 4. The van der Waals surface area contributed by atoms with Crippen molar-refractivity contribution < 1.29 is 4.74 Å². The van der Waals surface area contributed by atoms with Gasteiger partial charge in [-0.05, 0) is 44.2 Å². The van der Waals surface area contributed by atoms with Crippen molar-refractivity contribution in [3.8, 4) is 5.75 Å². The summed E-state index contributed by atoms with van der Waals surface area (Å²) in [4.78, 5) is 2.54. The number of hydrogen-bond acceptors (Lipinski definition) is 3. The van der Waals surface area contributed by atoms with E-state index >= 15 is 0 Å². The third kappa shape index (κ3) is 2.86. The molecule has 1 saturated heterocycles. The van der Waals surface area contributed by atoms with Crippen molar-refractivity contribution in [1.29, 1.82) is 0 Å². The molecule has 0 bridgehead atoms. The van der Waals surface area contributed by atoms with Crippen molar-refractivity contribution in [1.82, 2.24) is 5.32 Å². The zero-order valence-corrected chi connectivity index (χ0v) is 13.9. The average Bonchev–Trinajstić information content (AvgIpc) is 3.33. The minimum Gasteiger partial charge on any atom is -0.495 e. The lowest BCUT2D eigenvalue weighted by atomic mass is 9.90. The molecule has 21 heavy (non-hydrogen) atoms. The fourth-order valence-corrected chi connectivity index (χ4v) is 3.68. The monoisotopic (exact) mass is 308 g/mol. The first-order valence-electron chi connectivity index (χ1n) is 7.92. The van der Waals surface area contributed by atoms with E-state index in [4.69, 9.17) is 16.3 Å². The molecule has 0 amide bonds. The molecular weight excluding hydrogens is 284 g/mol. The maximum atomic E-state index is 6.17. The van der Waals surface area contributed by atoms with Gasteiger partial charge in [0.15, 0.2) is 0 Å². The van der Waals surface area contributed by atoms with Gasteiger partial charge in [0.2, 0.25) is 0 Å². The third-order valence-corrected chi connectivity index (χ3v) is 5.41. The van der Waals surface area contributed by atoms with E-state index in [-0.39, 0.29) is 5.54 Å². The Morgan fingerprint density at radius 2 is 2.19 bits per heavy atom. The molecule has 3 rings (SSSR count). The first-order chi connectivity index (χ1) is 10.1. The molecule has 1 saturated carbocycles. The summed E-state index contributed by atoms with van der Waals surface area (Å²) in [5, 5.41) is 4.47. The molecule has 116 valence electrons. The van der Waals surface area contributed by atoms with Crippen molar-refractivity contribution in [2.24, 2.45) is 5.92 Å². The minimum atomic E-state index is 0.235. The summed E-state index contributed by atoms with van der Waals surface area (Å²) in [6.45, 7) is 6.73. The predicted octanol–water partition coefficient (Wildman–Crippen LogP) is 3.71. The zero-order valence-electron chi connectivity index (χ0n) is 13.2. The van der Waals surface area contributed by atoms with Crippen LogP contribution in [0.4, 0.5) is 5.69 Å². The highest BCUT2D eigenvalue weighted by atomic mass is 35.5. The van der Waals surface area contributed by atoms with Gasteiger partial charge in [-0.1, -0.05) is 18.5 Å². The van der Waals surface area contributed by atoms with Crippen LogP contribution in [0, 0.1) is 5.92 Å². The zero-order chi connectivity index (χ0) is 15.0. The van der Waals surface area contributed by atoms with E-state index in [1.807, 2.05) is 6.07 Å². The number of methoxy groups -OCH3 is 1. The fraction of sp³-hybridized carbons (Fsp3) is 0.647. The molecule has 1 aromatic carbocycles. The Morgan fingerprint density at radius 3 is 2.81 bits per heavy atom. The van der Waals surface area contributed by atoms with Gasteiger partial charge in [0.05, 0.1) is 12.1 Å². The summed E-state index contributed by atoms with van der Waals surface area (Å²) < 4.78 is 5.38. The largest absolute Gasteiger partial charge is 0.495 e. The standard InChI is InChI=1S/C17H25ClN2O/c1-4-13-10-19-17(2,12-5-6-12)11-20(13)14-7-8-15(18)16(9-14)21-3/h7-9,12-13,19H,4-6,10-11H2,1-3H3. The molecule has 3 nitrogen and oxygen atoms in total. The van der Waals surface area contributed by atoms with E-state index in [1.165, 1.54) is 18.5 Å². The number of anilines is 1. The van der Waals surface area contributed by atoms with Crippen LogP contribution in [0.1, 0.15) is 33.1 Å². The second-order valence-electron chi connectivity index (χ2n) is 6.58. The van der Waals surface area contributed by atoms with Crippen molar-refractivity contribution in [3.63, 3.8) is 0 Å². The van der Waals surface area contributed by atoms with Crippen molar-refractivity contribution >= 4 is 17.3 Å². The predicted molar refractivity (Wildman–Crippen MR) is 88.6 cm³/mol. The smallest absolute Gasteiger partial charge is 0.139 e. The number of benzene rings is 1. The van der Waals surface area contributed by atoms with Crippen molar-refractivity contribution in [3.05, 3.63) is 23.2 Å². The first-order valence-corrected chi connectivity index (χ1v) is 8.30. The van der Waals surface area contributed by atoms with Crippen LogP contribution < -0.4 is 15.0 Å². The Hall–Kier alpha value is -0.930. The van der Waals surface area contributed by atoms with Crippen LogP contribution in [-0.4, -0.2) is 31.8 Å². The Bertz CT molecular complexity index is 518. The number of piperazine rings is 1. The highest BCUT2D eigenvalue weighted by Gasteiger charge is 2.45. The van der Waals surface area contributed by atoms with Gasteiger partial charge in [0, 0.05) is 36.4 Å². The molecule has 2 aliphatic rings. The van der Waals surface area contributed by atoms with Gasteiger partial charge in [0.25, 0.3) is 0 Å². The normalized spacial score (nSPS) is 29.5. The summed E-state index contributed by atoms with van der Waals surface area (Å²) in [6, 6.07) is 6.66. The maximum Gasteiger partial charge on any atom is 0.139 e. The Balaban J connectivity index is 1.89. The van der Waals surface area contributed by atoms with E-state index in [9.17, 15) is 0 Å². The van der Waals surface area contributed by atoms with Crippen LogP contribution in [0.5, 0.6) is 5.75 Å². The molecule has 4 heteroatoms. The van der Waals surface area contributed by atoms with Crippen LogP contribution in [0.3, 0.4) is 0 Å². The summed E-state index contributed by atoms with van der Waals surface area (Å²) in [5.74, 6) is 1.59. The molecule has 1 aliphatic heterocycles. The molecule has 2 unspecified atom stereocenters. The number of nitrogens with one attached hydrogen (secondary N) is 1. The summed E-state index contributed by atoms with van der Waals surface area (Å²) in [6.07, 6.45) is 3.86. The molecule has 1 N–H and O–H groups in total. The molecule has 2 atom stereocenters. The van der Waals surface area contributed by atoms with Gasteiger partial charge in [-0.25, -0.2) is 0 Å². The van der Waals surface area contributed by atoms with Gasteiger partial charge in [0.1, 0.15) is 5.75 Å². The van der Waals surface area contributed by atoms with E-state index in [0.717, 1.165) is 31.2 Å². The van der Waals surface area contributed by atoms with Crippen LogP contribution in [0.2, 0.25) is 5.02 Å². The van der Waals surface area contributed by atoms with Gasteiger partial charge in [-0.3, -0.25) is 0 Å². The van der Waals surface area contributed by atoms with Gasteiger partial charge in [-0.2, -0.15) is 0 Å².